The summed E-state index contributed by atoms with van der Waals surface area (Å²) in [6.07, 6.45) is 0. The van der Waals surface area contributed by atoms with E-state index >= 15 is 0 Å². The highest BCUT2D eigenvalue weighted by Crippen LogP contribution is 2.18. The standard InChI is InChI=1S/C9H12N4/c1-5-8-9(6(2)12-11-5)13(4)7(3)10-8/h1-4H3. The van der Waals surface area contributed by atoms with Gasteiger partial charge in [0.2, 0.25) is 0 Å². The number of aryl methyl sites for hydroxylation is 4. The van der Waals surface area contributed by atoms with E-state index in [0.717, 1.165) is 28.2 Å². The highest BCUT2D eigenvalue weighted by Gasteiger charge is 2.10. The normalized spacial score (nSPS) is 11.1. The van der Waals surface area contributed by atoms with Crippen molar-refractivity contribution in [3.8, 4) is 0 Å². The molecule has 0 unspecified atom stereocenters. The number of rotatable bonds is 0. The van der Waals surface area contributed by atoms with E-state index in [4.69, 9.17) is 0 Å². The molecule has 4 nitrogen and oxygen atoms in total. The van der Waals surface area contributed by atoms with Gasteiger partial charge in [0, 0.05) is 7.05 Å². The first kappa shape index (κ1) is 8.16. The molecule has 0 aliphatic heterocycles. The summed E-state index contributed by atoms with van der Waals surface area (Å²) >= 11 is 0. The Hall–Kier alpha value is -1.45. The van der Waals surface area contributed by atoms with Crippen LogP contribution >= 0.6 is 0 Å². The predicted octanol–water partition coefficient (Wildman–Crippen LogP) is 1.29. The van der Waals surface area contributed by atoms with Gasteiger partial charge < -0.3 is 4.57 Å². The number of nitrogens with zero attached hydrogens (tertiary/aromatic N) is 4. The molecular weight excluding hydrogens is 164 g/mol. The highest BCUT2D eigenvalue weighted by atomic mass is 15.2. The zero-order valence-electron chi connectivity index (χ0n) is 8.29. The van der Waals surface area contributed by atoms with Gasteiger partial charge in [-0.25, -0.2) is 4.98 Å². The van der Waals surface area contributed by atoms with Crippen molar-refractivity contribution in [3.63, 3.8) is 0 Å². The largest absolute Gasteiger partial charge is 0.330 e. The molecule has 0 atom stereocenters. The van der Waals surface area contributed by atoms with Crippen LogP contribution in [-0.2, 0) is 7.05 Å². The van der Waals surface area contributed by atoms with E-state index in [-0.39, 0.29) is 0 Å². The van der Waals surface area contributed by atoms with Gasteiger partial charge in [0.25, 0.3) is 0 Å². The lowest BCUT2D eigenvalue weighted by Crippen LogP contribution is -1.96. The van der Waals surface area contributed by atoms with E-state index < -0.39 is 0 Å². The second kappa shape index (κ2) is 2.52. The Morgan fingerprint density at radius 1 is 1.00 bits per heavy atom. The number of imidazole rings is 1. The van der Waals surface area contributed by atoms with Crippen LogP contribution in [0.15, 0.2) is 0 Å². The van der Waals surface area contributed by atoms with Gasteiger partial charge in [-0.3, -0.25) is 0 Å². The lowest BCUT2D eigenvalue weighted by Gasteiger charge is -1.99. The Balaban J connectivity index is 3.00. The molecule has 2 heterocycles. The summed E-state index contributed by atoms with van der Waals surface area (Å²) in [5.41, 5.74) is 3.88. The van der Waals surface area contributed by atoms with Gasteiger partial charge in [-0.2, -0.15) is 10.2 Å². The molecule has 0 aliphatic carbocycles. The first-order valence-electron chi connectivity index (χ1n) is 4.24. The third-order valence-electron chi connectivity index (χ3n) is 2.35. The molecule has 0 fully saturated rings. The van der Waals surface area contributed by atoms with Crippen molar-refractivity contribution in [1.82, 2.24) is 19.7 Å². The average Bonchev–Trinajstić information content (AvgIpc) is 2.38. The van der Waals surface area contributed by atoms with Gasteiger partial charge in [-0.1, -0.05) is 0 Å². The highest BCUT2D eigenvalue weighted by molar-refractivity contribution is 5.79. The van der Waals surface area contributed by atoms with Crippen molar-refractivity contribution >= 4 is 11.0 Å². The quantitative estimate of drug-likeness (QED) is 0.607. The summed E-state index contributed by atoms with van der Waals surface area (Å²) in [6.45, 7) is 5.87. The minimum atomic E-state index is 0.893. The Bertz CT molecular complexity index is 470. The van der Waals surface area contributed by atoms with Crippen molar-refractivity contribution in [2.45, 2.75) is 20.8 Å². The smallest absolute Gasteiger partial charge is 0.114 e. The van der Waals surface area contributed by atoms with Gasteiger partial charge in [0.15, 0.2) is 0 Å². The van der Waals surface area contributed by atoms with Crippen molar-refractivity contribution in [2.75, 3.05) is 0 Å². The maximum atomic E-state index is 4.43. The van der Waals surface area contributed by atoms with Crippen LogP contribution < -0.4 is 0 Å². The first-order chi connectivity index (χ1) is 6.11. The van der Waals surface area contributed by atoms with Crippen LogP contribution in [-0.4, -0.2) is 19.7 Å². The molecule has 0 aromatic carbocycles. The van der Waals surface area contributed by atoms with Crippen molar-refractivity contribution in [3.05, 3.63) is 17.2 Å². The average molecular weight is 176 g/mol. The number of hydrogen-bond donors (Lipinski definition) is 0. The van der Waals surface area contributed by atoms with Gasteiger partial charge in [-0.05, 0) is 20.8 Å². The fraction of sp³-hybridized carbons (Fsp3) is 0.444. The maximum absolute atomic E-state index is 4.43. The Kier molecular flexibility index (Phi) is 1.58. The van der Waals surface area contributed by atoms with Crippen LogP contribution in [0.1, 0.15) is 17.2 Å². The molecule has 0 bridgehead atoms. The summed E-state index contributed by atoms with van der Waals surface area (Å²) in [7, 11) is 2.00. The van der Waals surface area contributed by atoms with Crippen LogP contribution in [0.3, 0.4) is 0 Å². The zero-order valence-corrected chi connectivity index (χ0v) is 8.29. The molecule has 0 radical (unpaired) electrons. The molecule has 0 amide bonds. The lowest BCUT2D eigenvalue weighted by molar-refractivity contribution is 0.873. The van der Waals surface area contributed by atoms with Crippen LogP contribution in [0.5, 0.6) is 0 Å². The van der Waals surface area contributed by atoms with E-state index in [1.165, 1.54) is 0 Å². The van der Waals surface area contributed by atoms with Gasteiger partial charge in [0.05, 0.1) is 16.9 Å². The summed E-state index contributed by atoms with van der Waals surface area (Å²) in [5.74, 6) is 0.996. The molecule has 0 aliphatic rings. The van der Waals surface area contributed by atoms with Crippen molar-refractivity contribution in [1.29, 1.82) is 0 Å². The molecule has 2 aromatic heterocycles. The first-order valence-corrected chi connectivity index (χ1v) is 4.24. The molecule has 4 heteroatoms. The van der Waals surface area contributed by atoms with E-state index in [1.807, 2.05) is 32.4 Å². The van der Waals surface area contributed by atoms with Crippen LogP contribution in [0.2, 0.25) is 0 Å². The molecule has 0 N–H and O–H groups in total. The predicted molar refractivity (Wildman–Crippen MR) is 50.5 cm³/mol. The van der Waals surface area contributed by atoms with Crippen molar-refractivity contribution in [2.24, 2.45) is 7.05 Å². The third-order valence-corrected chi connectivity index (χ3v) is 2.35. The second-order valence-electron chi connectivity index (χ2n) is 3.29. The van der Waals surface area contributed by atoms with Gasteiger partial charge in [0.1, 0.15) is 11.3 Å². The molecule has 0 saturated carbocycles. The minimum absolute atomic E-state index is 0.893. The number of aromatic nitrogens is 4. The Morgan fingerprint density at radius 3 is 2.23 bits per heavy atom. The molecule has 0 spiro atoms. The van der Waals surface area contributed by atoms with E-state index in [2.05, 4.69) is 15.2 Å². The fourth-order valence-corrected chi connectivity index (χ4v) is 1.52. The Labute approximate surface area is 76.6 Å². The third kappa shape index (κ3) is 1.02. The molecule has 2 rings (SSSR count). The summed E-state index contributed by atoms with van der Waals surface area (Å²) in [4.78, 5) is 4.43. The molecule has 68 valence electrons. The second-order valence-corrected chi connectivity index (χ2v) is 3.29. The summed E-state index contributed by atoms with van der Waals surface area (Å²) in [5, 5.41) is 8.11. The Morgan fingerprint density at radius 2 is 1.62 bits per heavy atom. The molecule has 13 heavy (non-hydrogen) atoms. The lowest BCUT2D eigenvalue weighted by atomic mass is 10.3. The van der Waals surface area contributed by atoms with Crippen molar-refractivity contribution < 1.29 is 0 Å². The van der Waals surface area contributed by atoms with E-state index in [0.29, 0.717) is 0 Å². The van der Waals surface area contributed by atoms with E-state index in [9.17, 15) is 0 Å². The summed E-state index contributed by atoms with van der Waals surface area (Å²) < 4.78 is 2.05. The van der Waals surface area contributed by atoms with Crippen LogP contribution in [0.25, 0.3) is 11.0 Å². The van der Waals surface area contributed by atoms with Gasteiger partial charge in [-0.15, -0.1) is 0 Å². The maximum Gasteiger partial charge on any atom is 0.114 e. The molecule has 0 saturated heterocycles. The van der Waals surface area contributed by atoms with Gasteiger partial charge >= 0.3 is 0 Å². The fourth-order valence-electron chi connectivity index (χ4n) is 1.52. The van der Waals surface area contributed by atoms with E-state index in [1.54, 1.807) is 0 Å². The topological polar surface area (TPSA) is 43.6 Å². The van der Waals surface area contributed by atoms with Crippen LogP contribution in [0.4, 0.5) is 0 Å². The monoisotopic (exact) mass is 176 g/mol. The SMILES string of the molecule is Cc1nnc(C)c2c1nc(C)n2C. The zero-order chi connectivity index (χ0) is 9.59. The number of hydrogen-bond acceptors (Lipinski definition) is 3. The number of fused-ring (bicyclic) bond motifs is 1. The van der Waals surface area contributed by atoms with Crippen LogP contribution in [0, 0.1) is 20.8 Å². The summed E-state index contributed by atoms with van der Waals surface area (Å²) in [6, 6.07) is 0. The molecular formula is C9H12N4. The molecule has 2 aromatic rings. The minimum Gasteiger partial charge on any atom is -0.330 e.